The zero-order chi connectivity index (χ0) is 11.2. The predicted octanol–water partition coefficient (Wildman–Crippen LogP) is 2.66. The molecule has 3 nitrogen and oxygen atoms in total. The minimum Gasteiger partial charge on any atom is -0.222 e. The van der Waals surface area contributed by atoms with E-state index in [1.54, 1.807) is 6.07 Å². The third-order valence-electron chi connectivity index (χ3n) is 1.94. The van der Waals surface area contributed by atoms with E-state index in [1.807, 2.05) is 22.6 Å². The van der Waals surface area contributed by atoms with Crippen LogP contribution in [0.2, 0.25) is 0 Å². The molecule has 80 valence electrons. The Kier molecular flexibility index (Phi) is 2.36. The Hall–Kier alpha value is -0.860. The first kappa shape index (κ1) is 10.7. The summed E-state index contributed by atoms with van der Waals surface area (Å²) in [5, 5.41) is 3.95. The van der Waals surface area contributed by atoms with Gasteiger partial charge in [-0.05, 0) is 41.6 Å². The van der Waals surface area contributed by atoms with E-state index in [2.05, 4.69) is 10.1 Å². The van der Waals surface area contributed by atoms with E-state index in [0.29, 0.717) is 3.70 Å². The summed E-state index contributed by atoms with van der Waals surface area (Å²) < 4.78 is 39.3. The normalized spacial score (nSPS) is 12.3. The van der Waals surface area contributed by atoms with Crippen LogP contribution in [0.3, 0.4) is 0 Å². The Bertz CT molecular complexity index is 518. The molecule has 0 saturated carbocycles. The van der Waals surface area contributed by atoms with Crippen LogP contribution in [0.15, 0.2) is 12.1 Å². The number of hydrogen-bond acceptors (Lipinski definition) is 2. The van der Waals surface area contributed by atoms with Crippen molar-refractivity contribution in [3.63, 3.8) is 0 Å². The van der Waals surface area contributed by atoms with Gasteiger partial charge in [-0.15, -0.1) is 0 Å². The minimum absolute atomic E-state index is 0.0102. The SMILES string of the molecule is Cc1c(C(F)(F)F)nc2ccc(I)nn12. The zero-order valence-corrected chi connectivity index (χ0v) is 9.67. The summed E-state index contributed by atoms with van der Waals surface area (Å²) in [6, 6.07) is 3.12. The lowest BCUT2D eigenvalue weighted by atomic mass is 10.3. The molecule has 15 heavy (non-hydrogen) atoms. The van der Waals surface area contributed by atoms with Crippen LogP contribution in [0, 0.1) is 10.6 Å². The molecular formula is C8H5F3IN3. The quantitative estimate of drug-likeness (QED) is 0.697. The van der Waals surface area contributed by atoms with Crippen LogP contribution >= 0.6 is 22.6 Å². The molecule has 2 aromatic rings. The second kappa shape index (κ2) is 3.32. The molecule has 0 N–H and O–H groups in total. The Morgan fingerprint density at radius 2 is 2.00 bits per heavy atom. The van der Waals surface area contributed by atoms with Crippen molar-refractivity contribution in [3.8, 4) is 0 Å². The van der Waals surface area contributed by atoms with Crippen LogP contribution in [-0.4, -0.2) is 14.6 Å². The van der Waals surface area contributed by atoms with Gasteiger partial charge >= 0.3 is 6.18 Å². The summed E-state index contributed by atoms with van der Waals surface area (Å²) in [7, 11) is 0. The van der Waals surface area contributed by atoms with Crippen molar-refractivity contribution in [2.24, 2.45) is 0 Å². The van der Waals surface area contributed by atoms with Crippen molar-refractivity contribution in [2.45, 2.75) is 13.1 Å². The third-order valence-corrected chi connectivity index (χ3v) is 2.51. The molecule has 0 spiro atoms. The summed E-state index contributed by atoms with van der Waals surface area (Å²) in [5.74, 6) is 0. The number of fused-ring (bicyclic) bond motifs is 1. The second-order valence-electron chi connectivity index (χ2n) is 2.97. The fourth-order valence-electron chi connectivity index (χ4n) is 1.29. The number of halogens is 4. The van der Waals surface area contributed by atoms with Gasteiger partial charge in [-0.25, -0.2) is 9.50 Å². The lowest BCUT2D eigenvalue weighted by molar-refractivity contribution is -0.141. The first-order valence-electron chi connectivity index (χ1n) is 3.98. The van der Waals surface area contributed by atoms with E-state index >= 15 is 0 Å². The van der Waals surface area contributed by atoms with E-state index in [1.165, 1.54) is 17.5 Å². The van der Waals surface area contributed by atoms with Crippen LogP contribution < -0.4 is 0 Å². The van der Waals surface area contributed by atoms with Gasteiger partial charge in [0.05, 0.1) is 5.69 Å². The summed E-state index contributed by atoms with van der Waals surface area (Å²) in [6.45, 7) is 1.35. The molecule has 2 heterocycles. The molecule has 0 aliphatic rings. The highest BCUT2D eigenvalue weighted by molar-refractivity contribution is 14.1. The second-order valence-corrected chi connectivity index (χ2v) is 4.07. The van der Waals surface area contributed by atoms with Gasteiger partial charge in [0.1, 0.15) is 3.70 Å². The lowest BCUT2D eigenvalue weighted by Crippen LogP contribution is -2.08. The average molecular weight is 327 g/mol. The zero-order valence-electron chi connectivity index (χ0n) is 7.51. The van der Waals surface area contributed by atoms with Gasteiger partial charge in [0.25, 0.3) is 0 Å². The molecule has 0 aliphatic heterocycles. The molecule has 0 radical (unpaired) electrons. The summed E-state index contributed by atoms with van der Waals surface area (Å²) in [6.07, 6.45) is -4.43. The standard InChI is InChI=1S/C8H5F3IN3/c1-4-7(8(9,10)11)13-6-3-2-5(12)14-15(4)6/h2-3H,1H3. The van der Waals surface area contributed by atoms with E-state index in [0.717, 1.165) is 0 Å². The van der Waals surface area contributed by atoms with Gasteiger partial charge in [-0.1, -0.05) is 0 Å². The molecule has 0 bridgehead atoms. The lowest BCUT2D eigenvalue weighted by Gasteiger charge is -2.02. The average Bonchev–Trinajstić information content (AvgIpc) is 2.43. The van der Waals surface area contributed by atoms with E-state index in [9.17, 15) is 13.2 Å². The van der Waals surface area contributed by atoms with Crippen molar-refractivity contribution in [2.75, 3.05) is 0 Å². The first-order valence-corrected chi connectivity index (χ1v) is 5.06. The Labute approximate surface area is 96.4 Å². The smallest absolute Gasteiger partial charge is 0.222 e. The van der Waals surface area contributed by atoms with Gasteiger partial charge < -0.3 is 0 Å². The van der Waals surface area contributed by atoms with Gasteiger partial charge in [-0.2, -0.15) is 18.3 Å². The highest BCUT2D eigenvalue weighted by atomic mass is 127. The van der Waals surface area contributed by atoms with Crippen LogP contribution in [0.5, 0.6) is 0 Å². The largest absolute Gasteiger partial charge is 0.435 e. The summed E-state index contributed by atoms with van der Waals surface area (Å²) >= 11 is 1.93. The number of imidazole rings is 1. The molecule has 0 atom stereocenters. The molecule has 2 aromatic heterocycles. The molecule has 0 amide bonds. The van der Waals surface area contributed by atoms with Gasteiger partial charge in [-0.3, -0.25) is 0 Å². The number of hydrogen-bond donors (Lipinski definition) is 0. The molecule has 0 fully saturated rings. The number of nitrogens with zero attached hydrogens (tertiary/aromatic N) is 3. The van der Waals surface area contributed by atoms with Crippen LogP contribution in [-0.2, 0) is 6.18 Å². The van der Waals surface area contributed by atoms with Crippen LogP contribution in [0.25, 0.3) is 5.65 Å². The highest BCUT2D eigenvalue weighted by Crippen LogP contribution is 2.31. The monoisotopic (exact) mass is 327 g/mol. The summed E-state index contributed by atoms with van der Waals surface area (Å²) in [5.41, 5.74) is -0.659. The number of aromatic nitrogens is 3. The van der Waals surface area contributed by atoms with Crippen molar-refractivity contribution >= 4 is 28.2 Å². The van der Waals surface area contributed by atoms with Crippen molar-refractivity contribution in [1.82, 2.24) is 14.6 Å². The molecule has 0 aromatic carbocycles. The van der Waals surface area contributed by atoms with Crippen molar-refractivity contribution in [1.29, 1.82) is 0 Å². The van der Waals surface area contributed by atoms with Crippen LogP contribution in [0.4, 0.5) is 13.2 Å². The Morgan fingerprint density at radius 3 is 2.60 bits per heavy atom. The number of rotatable bonds is 0. The van der Waals surface area contributed by atoms with Gasteiger partial charge in [0.2, 0.25) is 0 Å². The number of aryl methyl sites for hydroxylation is 1. The molecular weight excluding hydrogens is 322 g/mol. The van der Waals surface area contributed by atoms with Gasteiger partial charge in [0, 0.05) is 0 Å². The maximum Gasteiger partial charge on any atom is 0.435 e. The maximum absolute atomic E-state index is 12.5. The van der Waals surface area contributed by atoms with E-state index < -0.39 is 11.9 Å². The van der Waals surface area contributed by atoms with E-state index in [-0.39, 0.29) is 11.3 Å². The molecule has 0 aliphatic carbocycles. The summed E-state index contributed by atoms with van der Waals surface area (Å²) in [4.78, 5) is 3.50. The molecule has 0 saturated heterocycles. The van der Waals surface area contributed by atoms with Crippen molar-refractivity contribution < 1.29 is 13.2 Å². The van der Waals surface area contributed by atoms with Crippen molar-refractivity contribution in [3.05, 3.63) is 27.2 Å². The highest BCUT2D eigenvalue weighted by Gasteiger charge is 2.36. The molecule has 7 heteroatoms. The Morgan fingerprint density at radius 1 is 1.33 bits per heavy atom. The first-order chi connectivity index (χ1) is 6.89. The fraction of sp³-hybridized carbons (Fsp3) is 0.250. The molecule has 2 rings (SSSR count). The minimum atomic E-state index is -4.43. The fourth-order valence-corrected chi connectivity index (χ4v) is 1.69. The van der Waals surface area contributed by atoms with E-state index in [4.69, 9.17) is 0 Å². The van der Waals surface area contributed by atoms with Gasteiger partial charge in [0.15, 0.2) is 11.3 Å². The molecule has 0 unspecified atom stereocenters. The topological polar surface area (TPSA) is 30.2 Å². The maximum atomic E-state index is 12.5. The number of alkyl halides is 3. The Balaban J connectivity index is 2.76. The van der Waals surface area contributed by atoms with Crippen LogP contribution in [0.1, 0.15) is 11.4 Å². The predicted molar refractivity (Wildman–Crippen MR) is 55.4 cm³/mol. The third kappa shape index (κ3) is 1.80.